The molecule has 0 saturated carbocycles. The number of rotatable bonds is 6. The van der Waals surface area contributed by atoms with Crippen molar-refractivity contribution in [2.24, 2.45) is 17.1 Å². The maximum atomic E-state index is 12.6. The molecule has 1 aliphatic carbocycles. The van der Waals surface area contributed by atoms with Crippen LogP contribution in [0.1, 0.15) is 60.9 Å². The van der Waals surface area contributed by atoms with E-state index < -0.39 is 0 Å². The second-order valence-electron chi connectivity index (χ2n) is 8.65. The van der Waals surface area contributed by atoms with E-state index in [4.69, 9.17) is 10.7 Å². The van der Waals surface area contributed by atoms with Crippen LogP contribution in [0.25, 0.3) is 11.0 Å². The van der Waals surface area contributed by atoms with E-state index in [1.807, 2.05) is 0 Å². The summed E-state index contributed by atoms with van der Waals surface area (Å²) in [4.78, 5) is 20.8. The van der Waals surface area contributed by atoms with E-state index in [2.05, 4.69) is 37.1 Å². The number of aliphatic hydroxyl groups is 1. The van der Waals surface area contributed by atoms with Crippen LogP contribution in [0.2, 0.25) is 0 Å². The Morgan fingerprint density at radius 1 is 1.44 bits per heavy atom. The number of aliphatic hydroxyl groups excluding tert-OH is 1. The topological polar surface area (TPSA) is 104 Å². The minimum absolute atomic E-state index is 0.0920. The van der Waals surface area contributed by atoms with Crippen LogP contribution in [-0.2, 0) is 19.3 Å². The molecule has 0 spiro atoms. The van der Waals surface area contributed by atoms with Gasteiger partial charge in [-0.15, -0.1) is 0 Å². The number of nitrogens with one attached hydrogen (secondary N) is 2. The second-order valence-corrected chi connectivity index (χ2v) is 8.65. The number of amides is 1. The number of nitrogens with two attached hydrogens (primary N) is 1. The molecular formula is C21H32N4O2. The zero-order valence-electron chi connectivity index (χ0n) is 16.7. The predicted molar refractivity (Wildman–Crippen MR) is 108 cm³/mol. The van der Waals surface area contributed by atoms with Gasteiger partial charge in [-0.05, 0) is 55.1 Å². The molecule has 0 aliphatic heterocycles. The Morgan fingerprint density at radius 2 is 2.22 bits per heavy atom. The van der Waals surface area contributed by atoms with Crippen molar-refractivity contribution in [1.29, 1.82) is 0 Å². The van der Waals surface area contributed by atoms with Crippen molar-refractivity contribution >= 4 is 16.9 Å². The fraction of sp³-hybridized carbons (Fsp3) is 0.619. The van der Waals surface area contributed by atoms with Crippen LogP contribution >= 0.6 is 0 Å². The quantitative estimate of drug-likeness (QED) is 0.625. The lowest BCUT2D eigenvalue weighted by atomic mass is 9.71. The third-order valence-electron chi connectivity index (χ3n) is 5.70. The average Bonchev–Trinajstić information content (AvgIpc) is 2.98. The molecule has 27 heavy (non-hydrogen) atoms. The molecule has 0 radical (unpaired) electrons. The van der Waals surface area contributed by atoms with E-state index in [-0.39, 0.29) is 17.9 Å². The van der Waals surface area contributed by atoms with Crippen LogP contribution in [0, 0.1) is 11.3 Å². The van der Waals surface area contributed by atoms with Crippen molar-refractivity contribution in [3.8, 4) is 0 Å². The fourth-order valence-corrected chi connectivity index (χ4v) is 4.02. The molecule has 2 aromatic heterocycles. The third kappa shape index (κ3) is 4.17. The van der Waals surface area contributed by atoms with Gasteiger partial charge in [-0.3, -0.25) is 9.78 Å². The number of hydrogen-bond donors (Lipinski definition) is 4. The number of carbonyl (C=O) groups is 1. The zero-order chi connectivity index (χ0) is 19.6. The lowest BCUT2D eigenvalue weighted by Gasteiger charge is -2.34. The van der Waals surface area contributed by atoms with Gasteiger partial charge in [0.05, 0.1) is 11.0 Å². The van der Waals surface area contributed by atoms with Gasteiger partial charge in [-0.2, -0.15) is 0 Å². The molecule has 2 aromatic rings. The molecule has 1 unspecified atom stereocenters. The van der Waals surface area contributed by atoms with E-state index in [9.17, 15) is 9.90 Å². The smallest absolute Gasteiger partial charge is 0.268 e. The monoisotopic (exact) mass is 372 g/mol. The Kier molecular flexibility index (Phi) is 5.86. The number of fused-ring (bicyclic) bond motifs is 2. The van der Waals surface area contributed by atoms with Crippen molar-refractivity contribution in [3.63, 3.8) is 0 Å². The van der Waals surface area contributed by atoms with Crippen LogP contribution < -0.4 is 11.1 Å². The number of carbonyl (C=O) groups excluding carboxylic acids is 1. The highest BCUT2D eigenvalue weighted by Crippen LogP contribution is 2.38. The molecule has 1 amide bonds. The summed E-state index contributed by atoms with van der Waals surface area (Å²) in [5, 5.41) is 12.1. The average molecular weight is 373 g/mol. The minimum atomic E-state index is -0.156. The van der Waals surface area contributed by atoms with E-state index in [0.717, 1.165) is 41.6 Å². The number of aryl methyl sites for hydroxylation is 2. The van der Waals surface area contributed by atoms with Crippen molar-refractivity contribution < 1.29 is 9.90 Å². The first-order valence-electron chi connectivity index (χ1n) is 9.97. The highest BCUT2D eigenvalue weighted by Gasteiger charge is 2.30. The van der Waals surface area contributed by atoms with Gasteiger partial charge in [0, 0.05) is 31.0 Å². The normalized spacial score (nSPS) is 17.1. The number of pyridine rings is 1. The van der Waals surface area contributed by atoms with Gasteiger partial charge in [0.1, 0.15) is 5.69 Å². The van der Waals surface area contributed by atoms with Crippen molar-refractivity contribution in [3.05, 3.63) is 28.6 Å². The van der Waals surface area contributed by atoms with Gasteiger partial charge in [-0.25, -0.2) is 0 Å². The van der Waals surface area contributed by atoms with Gasteiger partial charge >= 0.3 is 0 Å². The molecule has 3 rings (SSSR count). The standard InChI is InChI=1S/C21H32N4O2/c1-21(2,3)14-6-7-16-13(11-14)12-17-18(24-16)15(5-4-10-26)19(25-17)20(27)23-9-8-22/h12,14,25-26H,4-11,22H2,1-3H3,(H,23,27). The third-order valence-corrected chi connectivity index (χ3v) is 5.70. The molecule has 2 heterocycles. The van der Waals surface area contributed by atoms with Crippen LogP contribution in [0.3, 0.4) is 0 Å². The van der Waals surface area contributed by atoms with Crippen molar-refractivity contribution in [2.45, 2.75) is 52.9 Å². The van der Waals surface area contributed by atoms with Gasteiger partial charge in [0.15, 0.2) is 0 Å². The second kappa shape index (κ2) is 7.98. The molecule has 0 bridgehead atoms. The summed E-state index contributed by atoms with van der Waals surface area (Å²) in [5.74, 6) is 0.484. The lowest BCUT2D eigenvalue weighted by Crippen LogP contribution is -2.29. The van der Waals surface area contributed by atoms with Gasteiger partial charge in [-0.1, -0.05) is 20.8 Å². The lowest BCUT2D eigenvalue weighted by molar-refractivity contribution is 0.0949. The number of hydrogen-bond acceptors (Lipinski definition) is 4. The Balaban J connectivity index is 2.01. The summed E-state index contributed by atoms with van der Waals surface area (Å²) < 4.78 is 0. The molecule has 0 saturated heterocycles. The van der Waals surface area contributed by atoms with Crippen molar-refractivity contribution in [1.82, 2.24) is 15.3 Å². The Morgan fingerprint density at radius 3 is 2.89 bits per heavy atom. The molecule has 0 fully saturated rings. The number of H-pyrrole nitrogens is 1. The number of nitrogens with zero attached hydrogens (tertiary/aromatic N) is 1. The molecule has 6 heteroatoms. The molecular weight excluding hydrogens is 340 g/mol. The number of aromatic nitrogens is 2. The van der Waals surface area contributed by atoms with E-state index in [1.54, 1.807) is 0 Å². The van der Waals surface area contributed by atoms with Crippen molar-refractivity contribution in [2.75, 3.05) is 19.7 Å². The highest BCUT2D eigenvalue weighted by atomic mass is 16.2. The maximum absolute atomic E-state index is 12.6. The van der Waals surface area contributed by atoms with E-state index in [0.29, 0.717) is 37.5 Å². The van der Waals surface area contributed by atoms with Crippen LogP contribution in [0.5, 0.6) is 0 Å². The van der Waals surface area contributed by atoms with Crippen LogP contribution in [0.4, 0.5) is 0 Å². The summed E-state index contributed by atoms with van der Waals surface area (Å²) in [6, 6.07) is 2.18. The van der Waals surface area contributed by atoms with E-state index in [1.165, 1.54) is 5.56 Å². The van der Waals surface area contributed by atoms with Gasteiger partial charge in [0.2, 0.25) is 0 Å². The molecule has 1 aliphatic rings. The minimum Gasteiger partial charge on any atom is -0.396 e. The molecule has 148 valence electrons. The Labute approximate surface area is 160 Å². The first kappa shape index (κ1) is 19.8. The summed E-state index contributed by atoms with van der Waals surface area (Å²) in [6.45, 7) is 7.83. The highest BCUT2D eigenvalue weighted by molar-refractivity contribution is 6.00. The molecule has 6 nitrogen and oxygen atoms in total. The maximum Gasteiger partial charge on any atom is 0.268 e. The van der Waals surface area contributed by atoms with E-state index >= 15 is 0 Å². The largest absolute Gasteiger partial charge is 0.396 e. The van der Waals surface area contributed by atoms with Gasteiger partial charge < -0.3 is 21.1 Å². The van der Waals surface area contributed by atoms with Crippen LogP contribution in [-0.4, -0.2) is 40.7 Å². The zero-order valence-corrected chi connectivity index (χ0v) is 16.7. The van der Waals surface area contributed by atoms with Gasteiger partial charge in [0.25, 0.3) is 5.91 Å². The predicted octanol–water partition coefficient (Wildman–Crippen LogP) is 2.33. The molecule has 1 atom stereocenters. The Hall–Kier alpha value is -1.92. The molecule has 0 aromatic carbocycles. The fourth-order valence-electron chi connectivity index (χ4n) is 4.02. The Bertz CT molecular complexity index is 820. The first-order valence-corrected chi connectivity index (χ1v) is 9.97. The summed E-state index contributed by atoms with van der Waals surface area (Å²) in [7, 11) is 0. The first-order chi connectivity index (χ1) is 12.8. The SMILES string of the molecule is CC(C)(C)C1CCc2nc3c(CCCO)c(C(=O)NCCN)[nH]c3cc2C1. The summed E-state index contributed by atoms with van der Waals surface area (Å²) >= 11 is 0. The van der Waals surface area contributed by atoms with Crippen LogP contribution in [0.15, 0.2) is 6.07 Å². The summed E-state index contributed by atoms with van der Waals surface area (Å²) in [6.07, 6.45) is 4.39. The summed E-state index contributed by atoms with van der Waals surface area (Å²) in [5.41, 5.74) is 11.5. The number of aromatic amines is 1. The molecule has 5 N–H and O–H groups in total.